The molecule has 15 heavy (non-hydrogen) atoms. The van der Waals surface area contributed by atoms with Crippen LogP contribution in [0, 0.1) is 17.0 Å². The second-order valence-electron chi connectivity index (χ2n) is 2.84. The van der Waals surface area contributed by atoms with Gasteiger partial charge < -0.3 is 15.2 Å². The summed E-state index contributed by atoms with van der Waals surface area (Å²) in [6.07, 6.45) is 0.360. The Kier molecular flexibility index (Phi) is 5.56. The molecule has 0 aliphatic carbocycles. The molecule has 1 aromatic rings. The van der Waals surface area contributed by atoms with E-state index < -0.39 is 11.0 Å². The second-order valence-corrected chi connectivity index (χ2v) is 3.15. The van der Waals surface area contributed by atoms with Gasteiger partial charge in [0.15, 0.2) is 5.82 Å². The van der Waals surface area contributed by atoms with Gasteiger partial charge >= 0.3 is 5.82 Å². The van der Waals surface area contributed by atoms with E-state index >= 15 is 0 Å². The molecule has 0 aromatic carbocycles. The zero-order valence-corrected chi connectivity index (χ0v) is 9.53. The number of hydrogen-bond donors (Lipinski definition) is 1. The van der Waals surface area contributed by atoms with Gasteiger partial charge in [0.2, 0.25) is 0 Å². The van der Waals surface area contributed by atoms with Crippen molar-refractivity contribution in [3.8, 4) is 0 Å². The molecule has 0 radical (unpaired) electrons. The van der Waals surface area contributed by atoms with E-state index in [4.69, 9.17) is 11.6 Å². The van der Waals surface area contributed by atoms with Gasteiger partial charge in [-0.3, -0.25) is 0 Å². The molecule has 0 amide bonds. The maximum atomic E-state index is 10.5. The van der Waals surface area contributed by atoms with Crippen LogP contribution in [-0.4, -0.2) is 31.6 Å². The standard InChI is InChI=1S/C7H10ClN3O3.ClH/c1-5-9-3-7(11(13)14)10(5)4-6(12)2-8;/h3,6,12H,2,4H2,1H3;1H/t6-;/m0./s1. The van der Waals surface area contributed by atoms with Crippen molar-refractivity contribution < 1.29 is 10.0 Å². The molecule has 0 bridgehead atoms. The van der Waals surface area contributed by atoms with Gasteiger partial charge in [-0.05, 0) is 4.92 Å². The number of imidazole rings is 1. The molecule has 0 fully saturated rings. The van der Waals surface area contributed by atoms with Gasteiger partial charge in [0.05, 0.1) is 5.88 Å². The SMILES string of the molecule is Cc1ncc([N+](=O)[O-])n1C[C@@H](O)CCl.Cl. The van der Waals surface area contributed by atoms with Crippen LogP contribution in [-0.2, 0) is 6.54 Å². The summed E-state index contributed by atoms with van der Waals surface area (Å²) in [7, 11) is 0. The topological polar surface area (TPSA) is 81.2 Å². The summed E-state index contributed by atoms with van der Waals surface area (Å²) in [6.45, 7) is 1.72. The molecule has 1 aromatic heterocycles. The van der Waals surface area contributed by atoms with E-state index in [1.54, 1.807) is 6.92 Å². The van der Waals surface area contributed by atoms with Crippen molar-refractivity contribution in [1.29, 1.82) is 0 Å². The van der Waals surface area contributed by atoms with Crippen molar-refractivity contribution in [1.82, 2.24) is 9.55 Å². The summed E-state index contributed by atoms with van der Waals surface area (Å²) in [5, 5.41) is 19.8. The lowest BCUT2D eigenvalue weighted by atomic mass is 10.4. The molecule has 1 rings (SSSR count). The minimum atomic E-state index is -0.803. The molecule has 0 aliphatic heterocycles. The van der Waals surface area contributed by atoms with E-state index in [1.165, 1.54) is 4.57 Å². The number of alkyl halides is 1. The summed E-state index contributed by atoms with van der Waals surface area (Å²) in [5.74, 6) is 0.391. The molecule has 1 atom stereocenters. The summed E-state index contributed by atoms with van der Waals surface area (Å²) in [5.41, 5.74) is 0. The lowest BCUT2D eigenvalue weighted by Crippen LogP contribution is -2.19. The average molecular weight is 256 g/mol. The van der Waals surface area contributed by atoms with Crippen LogP contribution < -0.4 is 0 Å². The molecule has 8 heteroatoms. The fraction of sp³-hybridized carbons (Fsp3) is 0.571. The number of aliphatic hydroxyl groups excluding tert-OH is 1. The van der Waals surface area contributed by atoms with E-state index in [2.05, 4.69) is 4.98 Å². The van der Waals surface area contributed by atoms with E-state index in [0.29, 0.717) is 5.82 Å². The Morgan fingerprint density at radius 3 is 2.87 bits per heavy atom. The van der Waals surface area contributed by atoms with Crippen LogP contribution in [0.3, 0.4) is 0 Å². The molecular formula is C7H11Cl2N3O3. The molecule has 0 saturated carbocycles. The lowest BCUT2D eigenvalue weighted by Gasteiger charge is -2.06. The quantitative estimate of drug-likeness (QED) is 0.497. The molecule has 86 valence electrons. The zero-order valence-electron chi connectivity index (χ0n) is 7.96. The third kappa shape index (κ3) is 3.33. The van der Waals surface area contributed by atoms with Crippen molar-refractivity contribution in [3.63, 3.8) is 0 Å². The fourth-order valence-corrected chi connectivity index (χ4v) is 1.18. The smallest absolute Gasteiger partial charge is 0.342 e. The number of rotatable bonds is 4. The number of nitro groups is 1. The van der Waals surface area contributed by atoms with Gasteiger partial charge in [0.25, 0.3) is 0 Å². The van der Waals surface area contributed by atoms with Crippen LogP contribution in [0.2, 0.25) is 0 Å². The van der Waals surface area contributed by atoms with Crippen molar-refractivity contribution in [3.05, 3.63) is 22.1 Å². The average Bonchev–Trinajstić information content (AvgIpc) is 2.48. The van der Waals surface area contributed by atoms with Gasteiger partial charge in [-0.2, -0.15) is 0 Å². The fourth-order valence-electron chi connectivity index (χ4n) is 1.09. The maximum absolute atomic E-state index is 10.5. The minimum Gasteiger partial charge on any atom is -0.388 e. The second kappa shape index (κ2) is 5.89. The highest BCUT2D eigenvalue weighted by atomic mass is 35.5. The van der Waals surface area contributed by atoms with Crippen molar-refractivity contribution in [2.45, 2.75) is 19.6 Å². The van der Waals surface area contributed by atoms with Crippen LogP contribution >= 0.6 is 24.0 Å². The predicted octanol–water partition coefficient (Wildman–Crippen LogP) is 1.12. The van der Waals surface area contributed by atoms with Crippen molar-refractivity contribution in [2.75, 3.05) is 5.88 Å². The Balaban J connectivity index is 0.00000196. The Morgan fingerprint density at radius 1 is 1.80 bits per heavy atom. The summed E-state index contributed by atoms with van der Waals surface area (Å²) in [6, 6.07) is 0. The molecule has 0 saturated heterocycles. The first kappa shape index (κ1) is 14.2. The zero-order chi connectivity index (χ0) is 10.7. The first-order valence-corrected chi connectivity index (χ1v) is 4.50. The van der Waals surface area contributed by atoms with E-state index in [0.717, 1.165) is 6.20 Å². The van der Waals surface area contributed by atoms with Crippen LogP contribution in [0.15, 0.2) is 6.20 Å². The number of nitrogens with zero attached hydrogens (tertiary/aromatic N) is 3. The Morgan fingerprint density at radius 2 is 2.40 bits per heavy atom. The molecule has 6 nitrogen and oxygen atoms in total. The number of halogens is 2. The van der Waals surface area contributed by atoms with E-state index in [-0.39, 0.29) is 30.6 Å². The summed E-state index contributed by atoms with van der Waals surface area (Å²) >= 11 is 5.40. The maximum Gasteiger partial charge on any atom is 0.342 e. The van der Waals surface area contributed by atoms with E-state index in [9.17, 15) is 15.2 Å². The van der Waals surface area contributed by atoms with Crippen LogP contribution in [0.25, 0.3) is 0 Å². The number of hydrogen-bond acceptors (Lipinski definition) is 4. The third-order valence-corrected chi connectivity index (χ3v) is 2.15. The first-order valence-electron chi connectivity index (χ1n) is 3.96. The first-order chi connectivity index (χ1) is 6.56. The van der Waals surface area contributed by atoms with Crippen molar-refractivity contribution >= 4 is 29.8 Å². The molecule has 0 aliphatic rings. The Labute approximate surface area is 97.4 Å². The Hall–Kier alpha value is -0.850. The highest BCUT2D eigenvalue weighted by Crippen LogP contribution is 2.14. The minimum absolute atomic E-state index is 0. The normalized spacial score (nSPS) is 11.9. The number of aryl methyl sites for hydroxylation is 1. The molecule has 0 spiro atoms. The lowest BCUT2D eigenvalue weighted by molar-refractivity contribution is -0.392. The number of aromatic nitrogens is 2. The van der Waals surface area contributed by atoms with Crippen LogP contribution in [0.4, 0.5) is 5.82 Å². The van der Waals surface area contributed by atoms with Gasteiger partial charge in [0, 0.05) is 6.92 Å². The van der Waals surface area contributed by atoms with Gasteiger partial charge in [-0.15, -0.1) is 24.0 Å². The third-order valence-electron chi connectivity index (χ3n) is 1.79. The Bertz CT molecular complexity index is 342. The molecule has 1 N–H and O–H groups in total. The van der Waals surface area contributed by atoms with Crippen molar-refractivity contribution in [2.24, 2.45) is 0 Å². The molecule has 1 heterocycles. The molecular weight excluding hydrogens is 245 g/mol. The van der Waals surface area contributed by atoms with Gasteiger partial charge in [-0.1, -0.05) is 0 Å². The van der Waals surface area contributed by atoms with Gasteiger partial charge in [-0.25, -0.2) is 9.55 Å². The van der Waals surface area contributed by atoms with Gasteiger partial charge in [0.1, 0.15) is 18.8 Å². The molecule has 0 unspecified atom stereocenters. The highest BCUT2D eigenvalue weighted by molar-refractivity contribution is 6.18. The van der Waals surface area contributed by atoms with E-state index in [1.807, 2.05) is 0 Å². The monoisotopic (exact) mass is 255 g/mol. The largest absolute Gasteiger partial charge is 0.388 e. The highest BCUT2D eigenvalue weighted by Gasteiger charge is 2.19. The number of aliphatic hydroxyl groups is 1. The summed E-state index contributed by atoms with van der Waals surface area (Å²) in [4.78, 5) is 13.8. The summed E-state index contributed by atoms with van der Waals surface area (Å²) < 4.78 is 1.33. The predicted molar refractivity (Wildman–Crippen MR) is 57.6 cm³/mol. The van der Waals surface area contributed by atoms with Crippen LogP contribution in [0.1, 0.15) is 5.82 Å². The van der Waals surface area contributed by atoms with Crippen LogP contribution in [0.5, 0.6) is 0 Å².